The smallest absolute Gasteiger partial charge is 0.231 e. The number of thiazole rings is 1. The highest BCUT2D eigenvalue weighted by Crippen LogP contribution is 2.26. The molecule has 1 aromatic rings. The molecule has 3 N–H and O–H groups in total. The summed E-state index contributed by atoms with van der Waals surface area (Å²) in [6.45, 7) is 7.88. The van der Waals surface area contributed by atoms with Crippen LogP contribution in [0.3, 0.4) is 0 Å². The highest BCUT2D eigenvalue weighted by molar-refractivity contribution is 7.11. The van der Waals surface area contributed by atoms with E-state index in [0.29, 0.717) is 0 Å². The lowest BCUT2D eigenvalue weighted by atomic mass is 9.95. The molecule has 2 amide bonds. The average Bonchev–Trinajstić information content (AvgIpc) is 2.84. The van der Waals surface area contributed by atoms with Gasteiger partial charge in [-0.1, -0.05) is 6.92 Å². The fraction of sp³-hybridized carbons (Fsp3) is 0.688. The highest BCUT2D eigenvalue weighted by Gasteiger charge is 2.27. The van der Waals surface area contributed by atoms with Gasteiger partial charge in [-0.25, -0.2) is 4.98 Å². The van der Waals surface area contributed by atoms with Crippen LogP contribution in [0.15, 0.2) is 0 Å². The molecule has 1 saturated heterocycles. The molecule has 0 saturated carbocycles. The lowest BCUT2D eigenvalue weighted by molar-refractivity contribution is -0.127. The number of aryl methyl sites for hydroxylation is 2. The van der Waals surface area contributed by atoms with Crippen molar-refractivity contribution in [3.05, 3.63) is 15.6 Å². The molecule has 2 rings (SSSR count). The number of hydrogen-bond acceptors (Lipinski definition) is 5. The van der Waals surface area contributed by atoms with Crippen molar-refractivity contribution < 1.29 is 9.59 Å². The summed E-state index contributed by atoms with van der Waals surface area (Å²) < 4.78 is 0. The van der Waals surface area contributed by atoms with Gasteiger partial charge in [0.1, 0.15) is 5.01 Å². The predicted molar refractivity (Wildman–Crippen MR) is 91.1 cm³/mol. The molecule has 1 aromatic heterocycles. The van der Waals surface area contributed by atoms with Crippen LogP contribution in [-0.2, 0) is 9.59 Å². The molecule has 1 atom stereocenters. The van der Waals surface area contributed by atoms with Crippen LogP contribution >= 0.6 is 11.3 Å². The SMILES string of the molecule is CCC(NC(=O)C1CCN(CC(N)=O)CC1)c1nc(C)c(C)s1. The first kappa shape index (κ1) is 17.9. The van der Waals surface area contributed by atoms with E-state index < -0.39 is 0 Å². The summed E-state index contributed by atoms with van der Waals surface area (Å²) in [5, 5.41) is 4.14. The predicted octanol–water partition coefficient (Wildman–Crippen LogP) is 1.52. The van der Waals surface area contributed by atoms with Crippen molar-refractivity contribution in [3.63, 3.8) is 0 Å². The van der Waals surface area contributed by atoms with Crippen LogP contribution in [0.25, 0.3) is 0 Å². The molecule has 0 radical (unpaired) electrons. The van der Waals surface area contributed by atoms with Gasteiger partial charge < -0.3 is 11.1 Å². The summed E-state index contributed by atoms with van der Waals surface area (Å²) in [5.41, 5.74) is 6.25. The number of nitrogens with one attached hydrogen (secondary N) is 1. The molecule has 23 heavy (non-hydrogen) atoms. The Morgan fingerprint density at radius 1 is 1.39 bits per heavy atom. The maximum absolute atomic E-state index is 12.5. The number of likely N-dealkylation sites (tertiary alicyclic amines) is 1. The molecule has 0 aromatic carbocycles. The van der Waals surface area contributed by atoms with Crippen LogP contribution in [0.4, 0.5) is 0 Å². The summed E-state index contributed by atoms with van der Waals surface area (Å²) in [6.07, 6.45) is 2.37. The number of piperidine rings is 1. The summed E-state index contributed by atoms with van der Waals surface area (Å²) in [5.74, 6) is -0.204. The van der Waals surface area contributed by atoms with Crippen LogP contribution in [0.1, 0.15) is 47.8 Å². The first-order chi connectivity index (χ1) is 10.9. The number of nitrogens with zero attached hydrogens (tertiary/aromatic N) is 2. The van der Waals surface area contributed by atoms with E-state index in [0.717, 1.165) is 43.1 Å². The lowest BCUT2D eigenvalue weighted by Crippen LogP contribution is -2.44. The third-order valence-corrected chi connectivity index (χ3v) is 5.59. The molecule has 1 fully saturated rings. The van der Waals surface area contributed by atoms with Crippen LogP contribution in [0, 0.1) is 19.8 Å². The van der Waals surface area contributed by atoms with Gasteiger partial charge in [0.25, 0.3) is 0 Å². The number of nitrogens with two attached hydrogens (primary N) is 1. The van der Waals surface area contributed by atoms with E-state index >= 15 is 0 Å². The van der Waals surface area contributed by atoms with Gasteiger partial charge in [-0.2, -0.15) is 0 Å². The van der Waals surface area contributed by atoms with Gasteiger partial charge in [0, 0.05) is 10.8 Å². The maximum Gasteiger partial charge on any atom is 0.231 e. The largest absolute Gasteiger partial charge is 0.369 e. The van der Waals surface area contributed by atoms with E-state index in [1.807, 2.05) is 11.8 Å². The first-order valence-corrected chi connectivity index (χ1v) is 8.97. The molecule has 1 aliphatic rings. The highest BCUT2D eigenvalue weighted by atomic mass is 32.1. The van der Waals surface area contributed by atoms with Crippen molar-refractivity contribution >= 4 is 23.2 Å². The van der Waals surface area contributed by atoms with Gasteiger partial charge in [-0.05, 0) is 46.2 Å². The molecule has 6 nitrogen and oxygen atoms in total. The number of carbonyl (C=O) groups is 2. The Morgan fingerprint density at radius 2 is 2.04 bits per heavy atom. The van der Waals surface area contributed by atoms with Gasteiger partial charge in [0.2, 0.25) is 11.8 Å². The van der Waals surface area contributed by atoms with Crippen molar-refractivity contribution in [3.8, 4) is 0 Å². The van der Waals surface area contributed by atoms with Crippen molar-refractivity contribution in [1.82, 2.24) is 15.2 Å². The molecular formula is C16H26N4O2S. The summed E-state index contributed by atoms with van der Waals surface area (Å²) in [4.78, 5) is 31.2. The number of rotatable bonds is 6. The third kappa shape index (κ3) is 4.75. The molecular weight excluding hydrogens is 312 g/mol. The topological polar surface area (TPSA) is 88.3 Å². The summed E-state index contributed by atoms with van der Waals surface area (Å²) in [7, 11) is 0. The molecule has 0 bridgehead atoms. The van der Waals surface area contributed by atoms with Gasteiger partial charge in [0.15, 0.2) is 0 Å². The van der Waals surface area contributed by atoms with Gasteiger partial charge >= 0.3 is 0 Å². The quantitative estimate of drug-likeness (QED) is 0.823. The Hall–Kier alpha value is -1.47. The Kier molecular flexibility index (Phi) is 6.12. The van der Waals surface area contributed by atoms with Crippen LogP contribution in [0.5, 0.6) is 0 Å². The zero-order valence-corrected chi connectivity index (χ0v) is 14.9. The van der Waals surface area contributed by atoms with Gasteiger partial charge in [-0.15, -0.1) is 11.3 Å². The van der Waals surface area contributed by atoms with Crippen molar-refractivity contribution in [2.75, 3.05) is 19.6 Å². The zero-order chi connectivity index (χ0) is 17.0. The van der Waals surface area contributed by atoms with Crippen LogP contribution in [0.2, 0.25) is 0 Å². The van der Waals surface area contributed by atoms with Crippen molar-refractivity contribution in [2.45, 2.75) is 46.1 Å². The second-order valence-electron chi connectivity index (χ2n) is 6.18. The lowest BCUT2D eigenvalue weighted by Gasteiger charge is -2.31. The molecule has 0 spiro atoms. The number of amides is 2. The second kappa shape index (κ2) is 7.88. The Morgan fingerprint density at radius 3 is 2.52 bits per heavy atom. The molecule has 2 heterocycles. The zero-order valence-electron chi connectivity index (χ0n) is 14.1. The fourth-order valence-corrected chi connectivity index (χ4v) is 3.91. The summed E-state index contributed by atoms with van der Waals surface area (Å²) in [6, 6.07) is -0.0106. The summed E-state index contributed by atoms with van der Waals surface area (Å²) >= 11 is 1.66. The molecule has 1 aliphatic heterocycles. The normalized spacial score (nSPS) is 17.9. The molecule has 128 valence electrons. The second-order valence-corrected chi connectivity index (χ2v) is 7.41. The minimum atomic E-state index is -0.312. The van der Waals surface area contributed by atoms with Gasteiger partial charge in [0.05, 0.1) is 18.3 Å². The Balaban J connectivity index is 1.89. The van der Waals surface area contributed by atoms with E-state index in [-0.39, 0.29) is 30.3 Å². The Labute approximate surface area is 141 Å². The van der Waals surface area contributed by atoms with Crippen LogP contribution < -0.4 is 11.1 Å². The Bertz CT molecular complexity index is 545. The standard InChI is InChI=1S/C16H26N4O2S/c1-4-13(16-18-10(2)11(3)23-16)19-15(22)12-5-7-20(8-6-12)9-14(17)21/h12-13H,4-9H2,1-3H3,(H2,17,21)(H,19,22). The maximum atomic E-state index is 12.5. The van der Waals surface area contributed by atoms with E-state index in [4.69, 9.17) is 5.73 Å². The third-order valence-electron chi connectivity index (χ3n) is 4.41. The molecule has 1 unspecified atom stereocenters. The monoisotopic (exact) mass is 338 g/mol. The molecule has 7 heteroatoms. The first-order valence-electron chi connectivity index (χ1n) is 8.15. The van der Waals surface area contributed by atoms with E-state index in [1.54, 1.807) is 11.3 Å². The van der Waals surface area contributed by atoms with Crippen molar-refractivity contribution in [2.24, 2.45) is 11.7 Å². The van der Waals surface area contributed by atoms with Crippen LogP contribution in [-0.4, -0.2) is 41.3 Å². The number of aromatic nitrogens is 1. The fourth-order valence-electron chi connectivity index (χ4n) is 2.85. The van der Waals surface area contributed by atoms with Crippen molar-refractivity contribution in [1.29, 1.82) is 0 Å². The number of hydrogen-bond donors (Lipinski definition) is 2. The minimum absolute atomic E-state index is 0.00957. The number of primary amides is 1. The van der Waals surface area contributed by atoms with Gasteiger partial charge in [-0.3, -0.25) is 14.5 Å². The van der Waals surface area contributed by atoms with E-state index in [1.165, 1.54) is 4.88 Å². The minimum Gasteiger partial charge on any atom is -0.369 e. The van der Waals surface area contributed by atoms with E-state index in [2.05, 4.69) is 24.1 Å². The van der Waals surface area contributed by atoms with E-state index in [9.17, 15) is 9.59 Å². The number of carbonyl (C=O) groups excluding carboxylic acids is 2. The molecule has 0 aliphatic carbocycles. The average molecular weight is 338 g/mol.